The lowest BCUT2D eigenvalue weighted by Gasteiger charge is -2.36. The quantitative estimate of drug-likeness (QED) is 0.631. The molecule has 0 N–H and O–H groups in total. The van der Waals surface area contributed by atoms with Crippen molar-refractivity contribution >= 4 is 17.3 Å². The lowest BCUT2D eigenvalue weighted by molar-refractivity contribution is -0.384. The van der Waals surface area contributed by atoms with E-state index in [0.29, 0.717) is 13.1 Å². The molecule has 4 rings (SSSR count). The van der Waals surface area contributed by atoms with Crippen LogP contribution in [0.3, 0.4) is 0 Å². The molecular weight excluding hydrogens is 322 g/mol. The lowest BCUT2D eigenvalue weighted by Crippen LogP contribution is -2.49. The van der Waals surface area contributed by atoms with Crippen LogP contribution in [-0.4, -0.2) is 41.9 Å². The standard InChI is InChI=1S/C18H19N3O4/c22-18(16-12-15(16)17-2-1-11-25-17)20-9-7-19(8-10-20)13-3-5-14(6-4-13)21(23)24/h1-6,11,15-16H,7-10,12H2/t15-,16+/m1/s1. The first kappa shape index (κ1) is 15.7. The van der Waals surface area contributed by atoms with Gasteiger partial charge in [0.1, 0.15) is 5.76 Å². The normalized spacial score (nSPS) is 22.7. The second-order valence-corrected chi connectivity index (χ2v) is 6.55. The van der Waals surface area contributed by atoms with E-state index in [9.17, 15) is 14.9 Å². The third-order valence-electron chi connectivity index (χ3n) is 5.03. The third-order valence-corrected chi connectivity index (χ3v) is 5.03. The topological polar surface area (TPSA) is 79.8 Å². The van der Waals surface area contributed by atoms with Crippen LogP contribution >= 0.6 is 0 Å². The molecule has 2 heterocycles. The number of nitrogens with zero attached hydrogens (tertiary/aromatic N) is 3. The summed E-state index contributed by atoms with van der Waals surface area (Å²) in [6, 6.07) is 10.4. The van der Waals surface area contributed by atoms with Crippen LogP contribution in [0.4, 0.5) is 11.4 Å². The molecule has 1 amide bonds. The Kier molecular flexibility index (Phi) is 3.91. The van der Waals surface area contributed by atoms with Crippen molar-refractivity contribution in [2.45, 2.75) is 12.3 Å². The molecule has 1 saturated carbocycles. The number of rotatable bonds is 4. The van der Waals surface area contributed by atoms with Gasteiger partial charge in [-0.05, 0) is 30.7 Å². The van der Waals surface area contributed by atoms with Crippen LogP contribution in [0.5, 0.6) is 0 Å². The SMILES string of the molecule is O=C([C@H]1C[C@H]1c1ccco1)N1CCN(c2ccc([N+](=O)[O-])cc2)CC1. The number of benzene rings is 1. The molecular formula is C18H19N3O4. The van der Waals surface area contributed by atoms with E-state index in [1.54, 1.807) is 18.4 Å². The van der Waals surface area contributed by atoms with Crippen molar-refractivity contribution in [1.29, 1.82) is 0 Å². The maximum atomic E-state index is 12.6. The van der Waals surface area contributed by atoms with Gasteiger partial charge < -0.3 is 14.2 Å². The van der Waals surface area contributed by atoms with E-state index >= 15 is 0 Å². The zero-order valence-electron chi connectivity index (χ0n) is 13.7. The molecule has 7 nitrogen and oxygen atoms in total. The van der Waals surface area contributed by atoms with Crippen molar-refractivity contribution in [3.8, 4) is 0 Å². The van der Waals surface area contributed by atoms with Gasteiger partial charge in [-0.3, -0.25) is 14.9 Å². The number of nitro benzene ring substituents is 1. The molecule has 1 saturated heterocycles. The average Bonchev–Trinajstić information content (AvgIpc) is 3.26. The molecule has 25 heavy (non-hydrogen) atoms. The summed E-state index contributed by atoms with van der Waals surface area (Å²) in [5.41, 5.74) is 1.05. The highest BCUT2D eigenvalue weighted by Gasteiger charge is 2.47. The van der Waals surface area contributed by atoms with E-state index in [2.05, 4.69) is 4.90 Å². The number of hydrogen-bond acceptors (Lipinski definition) is 5. The second-order valence-electron chi connectivity index (χ2n) is 6.55. The Bertz CT molecular complexity index is 764. The van der Waals surface area contributed by atoms with Gasteiger partial charge in [0.25, 0.3) is 5.69 Å². The number of amides is 1. The Hall–Kier alpha value is -2.83. The predicted molar refractivity (Wildman–Crippen MR) is 91.4 cm³/mol. The Morgan fingerprint density at radius 3 is 2.44 bits per heavy atom. The number of furan rings is 1. The van der Waals surface area contributed by atoms with E-state index in [1.165, 1.54) is 12.1 Å². The number of piperazine rings is 1. The largest absolute Gasteiger partial charge is 0.469 e. The monoisotopic (exact) mass is 341 g/mol. The lowest BCUT2D eigenvalue weighted by atomic mass is 10.2. The summed E-state index contributed by atoms with van der Waals surface area (Å²) in [6.07, 6.45) is 2.52. The predicted octanol–water partition coefficient (Wildman–Crippen LogP) is 2.64. The van der Waals surface area contributed by atoms with Crippen LogP contribution in [0.2, 0.25) is 0 Å². The fraction of sp³-hybridized carbons (Fsp3) is 0.389. The van der Waals surface area contributed by atoms with Crippen LogP contribution in [-0.2, 0) is 4.79 Å². The first-order chi connectivity index (χ1) is 12.1. The summed E-state index contributed by atoms with van der Waals surface area (Å²) in [4.78, 5) is 27.0. The molecule has 7 heteroatoms. The van der Waals surface area contributed by atoms with Gasteiger partial charge in [0.2, 0.25) is 5.91 Å². The highest BCUT2D eigenvalue weighted by Crippen LogP contribution is 2.48. The Morgan fingerprint density at radius 1 is 1.12 bits per heavy atom. The van der Waals surface area contributed by atoms with Gasteiger partial charge in [-0.25, -0.2) is 0 Å². The summed E-state index contributed by atoms with van der Waals surface area (Å²) in [6.45, 7) is 2.83. The molecule has 1 aromatic carbocycles. The van der Waals surface area contributed by atoms with Crippen molar-refractivity contribution in [3.05, 3.63) is 58.5 Å². The zero-order chi connectivity index (χ0) is 17.4. The number of hydrogen-bond donors (Lipinski definition) is 0. The minimum Gasteiger partial charge on any atom is -0.469 e. The minimum absolute atomic E-state index is 0.0528. The molecule has 2 aromatic rings. The average molecular weight is 341 g/mol. The molecule has 1 aromatic heterocycles. The molecule has 1 aliphatic heterocycles. The molecule has 0 radical (unpaired) electrons. The van der Waals surface area contributed by atoms with Gasteiger partial charge in [-0.15, -0.1) is 0 Å². The first-order valence-electron chi connectivity index (χ1n) is 8.45. The maximum absolute atomic E-state index is 12.6. The van der Waals surface area contributed by atoms with Crippen molar-refractivity contribution in [1.82, 2.24) is 4.90 Å². The van der Waals surface area contributed by atoms with Crippen molar-refractivity contribution < 1.29 is 14.1 Å². The molecule has 0 unspecified atom stereocenters. The fourth-order valence-electron chi connectivity index (χ4n) is 3.49. The Morgan fingerprint density at radius 2 is 1.84 bits per heavy atom. The van der Waals surface area contributed by atoms with Crippen molar-refractivity contribution in [2.75, 3.05) is 31.1 Å². The summed E-state index contributed by atoms with van der Waals surface area (Å²) in [5, 5.41) is 10.7. The Balaban J connectivity index is 1.32. The highest BCUT2D eigenvalue weighted by molar-refractivity contribution is 5.83. The van der Waals surface area contributed by atoms with E-state index < -0.39 is 4.92 Å². The molecule has 2 fully saturated rings. The van der Waals surface area contributed by atoms with Gasteiger partial charge in [-0.1, -0.05) is 0 Å². The first-order valence-corrected chi connectivity index (χ1v) is 8.45. The molecule has 2 atom stereocenters. The molecule has 1 aliphatic carbocycles. The van der Waals surface area contributed by atoms with Gasteiger partial charge in [0.05, 0.1) is 11.2 Å². The van der Waals surface area contributed by atoms with Crippen LogP contribution in [0.1, 0.15) is 18.1 Å². The smallest absolute Gasteiger partial charge is 0.269 e. The van der Waals surface area contributed by atoms with E-state index in [-0.39, 0.29) is 23.4 Å². The van der Waals surface area contributed by atoms with Crippen LogP contribution in [0, 0.1) is 16.0 Å². The minimum atomic E-state index is -0.397. The molecule has 130 valence electrons. The molecule has 2 aliphatic rings. The molecule has 0 bridgehead atoms. The Labute approximate surface area is 145 Å². The number of nitro groups is 1. The summed E-state index contributed by atoms with van der Waals surface area (Å²) < 4.78 is 5.40. The summed E-state index contributed by atoms with van der Waals surface area (Å²) in [5.74, 6) is 1.40. The summed E-state index contributed by atoms with van der Waals surface area (Å²) >= 11 is 0. The maximum Gasteiger partial charge on any atom is 0.269 e. The van der Waals surface area contributed by atoms with Gasteiger partial charge in [0, 0.05) is 55.8 Å². The summed E-state index contributed by atoms with van der Waals surface area (Å²) in [7, 11) is 0. The fourth-order valence-corrected chi connectivity index (χ4v) is 3.49. The molecule has 0 spiro atoms. The number of non-ortho nitro benzene ring substituents is 1. The van der Waals surface area contributed by atoms with Gasteiger partial charge >= 0.3 is 0 Å². The highest BCUT2D eigenvalue weighted by atomic mass is 16.6. The number of carbonyl (C=O) groups is 1. The van der Waals surface area contributed by atoms with E-state index in [1.807, 2.05) is 17.0 Å². The number of anilines is 1. The van der Waals surface area contributed by atoms with Crippen LogP contribution < -0.4 is 4.90 Å². The number of carbonyl (C=O) groups excluding carboxylic acids is 1. The van der Waals surface area contributed by atoms with Gasteiger partial charge in [0.15, 0.2) is 0 Å². The van der Waals surface area contributed by atoms with E-state index in [0.717, 1.165) is 31.0 Å². The van der Waals surface area contributed by atoms with Crippen molar-refractivity contribution in [3.63, 3.8) is 0 Å². The van der Waals surface area contributed by atoms with Crippen molar-refractivity contribution in [2.24, 2.45) is 5.92 Å². The second kappa shape index (κ2) is 6.23. The van der Waals surface area contributed by atoms with E-state index in [4.69, 9.17) is 4.42 Å². The van der Waals surface area contributed by atoms with Gasteiger partial charge in [-0.2, -0.15) is 0 Å². The van der Waals surface area contributed by atoms with Crippen LogP contribution in [0.15, 0.2) is 47.1 Å². The zero-order valence-corrected chi connectivity index (χ0v) is 13.7. The third kappa shape index (κ3) is 3.09. The van der Waals surface area contributed by atoms with Crippen LogP contribution in [0.25, 0.3) is 0 Å².